The minimum absolute atomic E-state index is 0.116. The van der Waals surface area contributed by atoms with Crippen molar-refractivity contribution >= 4 is 22.9 Å². The molecule has 0 bridgehead atoms. The lowest BCUT2D eigenvalue weighted by atomic mass is 9.98. The predicted molar refractivity (Wildman–Crippen MR) is 154 cm³/mol. The van der Waals surface area contributed by atoms with E-state index in [1.165, 1.54) is 5.56 Å². The minimum Gasteiger partial charge on any atom is -0.478 e. The van der Waals surface area contributed by atoms with Crippen molar-refractivity contribution in [3.05, 3.63) is 125 Å². The number of aromatic nitrogens is 2. The number of fused-ring (bicyclic) bond motifs is 1. The number of aromatic carboxylic acids is 1. The molecule has 1 heterocycles. The minimum atomic E-state index is -0.942. The maximum atomic E-state index is 13.0. The van der Waals surface area contributed by atoms with Crippen LogP contribution in [0.4, 0.5) is 0 Å². The average Bonchev–Trinajstić information content (AvgIpc) is 3.35. The van der Waals surface area contributed by atoms with Crippen LogP contribution in [-0.2, 0) is 6.54 Å². The molecule has 6 heteroatoms. The number of imidazole rings is 1. The van der Waals surface area contributed by atoms with E-state index in [4.69, 9.17) is 0 Å². The second-order valence-corrected chi connectivity index (χ2v) is 10.1. The molecular formula is C33H31N3O3. The first kappa shape index (κ1) is 25.9. The van der Waals surface area contributed by atoms with Gasteiger partial charge in [0.1, 0.15) is 0 Å². The molecular weight excluding hydrogens is 486 g/mol. The molecule has 39 heavy (non-hydrogen) atoms. The van der Waals surface area contributed by atoms with E-state index in [9.17, 15) is 14.7 Å². The van der Waals surface area contributed by atoms with Gasteiger partial charge in [-0.3, -0.25) is 4.79 Å². The van der Waals surface area contributed by atoms with Crippen molar-refractivity contribution in [2.75, 3.05) is 0 Å². The van der Waals surface area contributed by atoms with Crippen LogP contribution in [0.2, 0.25) is 0 Å². The quantitative estimate of drug-likeness (QED) is 0.231. The first-order valence-electron chi connectivity index (χ1n) is 13.1. The third kappa shape index (κ3) is 5.60. The fourth-order valence-electron chi connectivity index (χ4n) is 4.79. The highest BCUT2D eigenvalue weighted by Gasteiger charge is 2.15. The third-order valence-electron chi connectivity index (χ3n) is 7.08. The number of nitrogens with zero attached hydrogens (tertiary/aromatic N) is 2. The summed E-state index contributed by atoms with van der Waals surface area (Å²) in [7, 11) is 0. The lowest BCUT2D eigenvalue weighted by molar-refractivity contribution is 0.0697. The first-order valence-corrected chi connectivity index (χ1v) is 13.1. The Morgan fingerprint density at radius 1 is 0.872 bits per heavy atom. The predicted octanol–water partition coefficient (Wildman–Crippen LogP) is 7.06. The zero-order chi connectivity index (χ0) is 27.5. The van der Waals surface area contributed by atoms with Gasteiger partial charge in [-0.05, 0) is 64.9 Å². The Hall–Kier alpha value is -4.71. The van der Waals surface area contributed by atoms with E-state index in [0.29, 0.717) is 23.6 Å². The molecule has 0 saturated carbocycles. The molecule has 0 spiro atoms. The van der Waals surface area contributed by atoms with E-state index in [1.54, 1.807) is 18.5 Å². The summed E-state index contributed by atoms with van der Waals surface area (Å²) in [4.78, 5) is 29.1. The van der Waals surface area contributed by atoms with E-state index >= 15 is 0 Å². The van der Waals surface area contributed by atoms with Gasteiger partial charge < -0.3 is 15.0 Å². The normalized spacial score (nSPS) is 12.0. The smallest absolute Gasteiger partial charge is 0.336 e. The Morgan fingerprint density at radius 3 is 2.36 bits per heavy atom. The van der Waals surface area contributed by atoms with Crippen molar-refractivity contribution < 1.29 is 14.7 Å². The van der Waals surface area contributed by atoms with Gasteiger partial charge in [0.15, 0.2) is 0 Å². The fourth-order valence-corrected chi connectivity index (χ4v) is 4.79. The summed E-state index contributed by atoms with van der Waals surface area (Å²) < 4.78 is 2.04. The summed E-state index contributed by atoms with van der Waals surface area (Å²) >= 11 is 0. The van der Waals surface area contributed by atoms with Gasteiger partial charge in [0.05, 0.1) is 29.0 Å². The van der Waals surface area contributed by atoms with Gasteiger partial charge in [0.25, 0.3) is 5.91 Å². The zero-order valence-electron chi connectivity index (χ0n) is 22.3. The molecule has 196 valence electrons. The molecule has 1 aromatic heterocycles. The Morgan fingerprint density at radius 2 is 1.62 bits per heavy atom. The van der Waals surface area contributed by atoms with Crippen LogP contribution < -0.4 is 5.32 Å². The number of carboxylic acids is 1. The Labute approximate surface area is 228 Å². The molecule has 6 nitrogen and oxygen atoms in total. The van der Waals surface area contributed by atoms with Gasteiger partial charge in [0.2, 0.25) is 0 Å². The molecule has 5 rings (SSSR count). The summed E-state index contributed by atoms with van der Waals surface area (Å²) in [6.45, 7) is 6.92. The number of rotatable bonds is 8. The molecule has 1 amide bonds. The number of carboxylic acid groups (broad SMARTS) is 1. The number of benzene rings is 4. The molecule has 0 radical (unpaired) electrons. The molecule has 2 N–H and O–H groups in total. The lowest BCUT2D eigenvalue weighted by Crippen LogP contribution is -2.26. The lowest BCUT2D eigenvalue weighted by Gasteiger charge is -2.16. The Balaban J connectivity index is 1.30. The van der Waals surface area contributed by atoms with Crippen LogP contribution in [0.1, 0.15) is 70.1 Å². The van der Waals surface area contributed by atoms with Gasteiger partial charge in [-0.2, -0.15) is 0 Å². The molecule has 0 aliphatic heterocycles. The Bertz CT molecular complexity index is 1650. The summed E-state index contributed by atoms with van der Waals surface area (Å²) in [5, 5.41) is 12.6. The summed E-state index contributed by atoms with van der Waals surface area (Å²) in [5.74, 6) is -0.648. The van der Waals surface area contributed by atoms with Crippen molar-refractivity contribution in [2.24, 2.45) is 0 Å². The van der Waals surface area contributed by atoms with E-state index < -0.39 is 5.97 Å². The highest BCUT2D eigenvalue weighted by atomic mass is 16.4. The van der Waals surface area contributed by atoms with Gasteiger partial charge in [-0.1, -0.05) is 80.6 Å². The number of hydrogen-bond donors (Lipinski definition) is 2. The van der Waals surface area contributed by atoms with Crippen molar-refractivity contribution in [3.63, 3.8) is 0 Å². The second-order valence-electron chi connectivity index (χ2n) is 10.1. The Kier molecular flexibility index (Phi) is 7.28. The summed E-state index contributed by atoms with van der Waals surface area (Å²) in [5.41, 5.74) is 7.48. The van der Waals surface area contributed by atoms with Crippen LogP contribution >= 0.6 is 0 Å². The maximum Gasteiger partial charge on any atom is 0.336 e. The largest absolute Gasteiger partial charge is 0.478 e. The molecule has 1 atom stereocenters. The highest BCUT2D eigenvalue weighted by Crippen LogP contribution is 2.25. The van der Waals surface area contributed by atoms with Gasteiger partial charge in [0, 0.05) is 12.1 Å². The fraction of sp³-hybridized carbons (Fsp3) is 0.182. The van der Waals surface area contributed by atoms with E-state index in [-0.39, 0.29) is 17.5 Å². The van der Waals surface area contributed by atoms with Crippen LogP contribution in [0.15, 0.2) is 97.3 Å². The number of carbonyl (C=O) groups excluding carboxylic acids is 1. The zero-order valence-corrected chi connectivity index (χ0v) is 22.3. The van der Waals surface area contributed by atoms with Gasteiger partial charge >= 0.3 is 5.97 Å². The summed E-state index contributed by atoms with van der Waals surface area (Å²) in [6.07, 6.45) is 1.78. The van der Waals surface area contributed by atoms with E-state index in [2.05, 4.69) is 36.3 Å². The standard InChI is InChI=1S/C33H31N3O3/c1-21(2)25-7-6-8-26(17-25)22(3)35-32(37)27-15-16-31-30(18-27)34-20-36(31)19-23-11-13-24(14-12-23)28-9-4-5-10-29(28)33(38)39/h4-18,20-22H,19H2,1-3H3,(H,35,37)(H,38,39)/t22-/m0/s1. The summed E-state index contributed by atoms with van der Waals surface area (Å²) in [6, 6.07) is 28.7. The maximum absolute atomic E-state index is 13.0. The molecule has 0 aliphatic carbocycles. The molecule has 4 aromatic carbocycles. The molecule has 0 saturated heterocycles. The van der Waals surface area contributed by atoms with Crippen LogP contribution in [-0.4, -0.2) is 26.5 Å². The monoisotopic (exact) mass is 517 g/mol. The number of carbonyl (C=O) groups is 2. The van der Waals surface area contributed by atoms with Gasteiger partial charge in [-0.15, -0.1) is 0 Å². The second kappa shape index (κ2) is 11.0. The van der Waals surface area contributed by atoms with Crippen molar-refractivity contribution in [3.8, 4) is 11.1 Å². The topological polar surface area (TPSA) is 84.2 Å². The number of hydrogen-bond acceptors (Lipinski definition) is 3. The molecule has 5 aromatic rings. The molecule has 0 fully saturated rings. The molecule has 0 unspecified atom stereocenters. The van der Waals surface area contributed by atoms with Crippen molar-refractivity contribution in [1.82, 2.24) is 14.9 Å². The number of nitrogens with one attached hydrogen (secondary N) is 1. The average molecular weight is 518 g/mol. The van der Waals surface area contributed by atoms with Crippen molar-refractivity contribution in [2.45, 2.75) is 39.3 Å². The van der Waals surface area contributed by atoms with Crippen LogP contribution in [0.3, 0.4) is 0 Å². The van der Waals surface area contributed by atoms with E-state index in [0.717, 1.165) is 27.7 Å². The van der Waals surface area contributed by atoms with Crippen LogP contribution in [0.5, 0.6) is 0 Å². The van der Waals surface area contributed by atoms with Crippen LogP contribution in [0.25, 0.3) is 22.2 Å². The first-order chi connectivity index (χ1) is 18.8. The van der Waals surface area contributed by atoms with Gasteiger partial charge in [-0.25, -0.2) is 9.78 Å². The SMILES string of the molecule is CC(C)c1cccc([C@H](C)NC(=O)c2ccc3c(c2)ncn3Cc2ccc(-c3ccccc3C(=O)O)cc2)c1. The van der Waals surface area contributed by atoms with Crippen LogP contribution in [0, 0.1) is 0 Å². The van der Waals surface area contributed by atoms with Crippen molar-refractivity contribution in [1.29, 1.82) is 0 Å². The molecule has 0 aliphatic rings. The third-order valence-corrected chi connectivity index (χ3v) is 7.08. The van der Waals surface area contributed by atoms with E-state index in [1.807, 2.05) is 78.2 Å². The number of amides is 1. The highest BCUT2D eigenvalue weighted by molar-refractivity contribution is 5.98.